The standard InChI is InChI=1S/C14H26O6/c1-5-19-12(17)14(7-10(3)4,8-11(16)9-15)13(18)20-6-2/h10-11,15-16H,5-9H2,1-4H3. The fraction of sp³-hybridized carbons (Fsp3) is 0.857. The van der Waals surface area contributed by atoms with Crippen molar-refractivity contribution >= 4 is 11.9 Å². The van der Waals surface area contributed by atoms with E-state index in [0.29, 0.717) is 0 Å². The lowest BCUT2D eigenvalue weighted by Gasteiger charge is -2.31. The quantitative estimate of drug-likeness (QED) is 0.484. The first kappa shape index (κ1) is 18.9. The number of hydrogen-bond donors (Lipinski definition) is 2. The van der Waals surface area contributed by atoms with Gasteiger partial charge < -0.3 is 19.7 Å². The van der Waals surface area contributed by atoms with Crippen molar-refractivity contribution in [3.05, 3.63) is 0 Å². The molecule has 0 aliphatic heterocycles. The molecule has 0 radical (unpaired) electrons. The fourth-order valence-electron chi connectivity index (χ4n) is 2.20. The highest BCUT2D eigenvalue weighted by Crippen LogP contribution is 2.35. The van der Waals surface area contributed by atoms with Crippen LogP contribution in [0.2, 0.25) is 0 Å². The summed E-state index contributed by atoms with van der Waals surface area (Å²) in [5.41, 5.74) is -1.57. The molecule has 0 bridgehead atoms. The summed E-state index contributed by atoms with van der Waals surface area (Å²) < 4.78 is 9.98. The van der Waals surface area contributed by atoms with Crippen LogP contribution in [-0.2, 0) is 19.1 Å². The third-order valence-electron chi connectivity index (χ3n) is 2.88. The highest BCUT2D eigenvalue weighted by atomic mass is 16.6. The monoisotopic (exact) mass is 290 g/mol. The molecular formula is C14H26O6. The Balaban J connectivity index is 5.48. The van der Waals surface area contributed by atoms with E-state index >= 15 is 0 Å². The summed E-state index contributed by atoms with van der Waals surface area (Å²) in [7, 11) is 0. The molecule has 0 aromatic heterocycles. The van der Waals surface area contributed by atoms with Gasteiger partial charge in [-0.15, -0.1) is 0 Å². The van der Waals surface area contributed by atoms with Gasteiger partial charge in [-0.2, -0.15) is 0 Å². The predicted molar refractivity (Wildman–Crippen MR) is 72.9 cm³/mol. The number of carbonyl (C=O) groups is 2. The van der Waals surface area contributed by atoms with Crippen molar-refractivity contribution in [3.63, 3.8) is 0 Å². The van der Waals surface area contributed by atoms with E-state index < -0.39 is 30.1 Å². The number of hydrogen-bond acceptors (Lipinski definition) is 6. The maximum Gasteiger partial charge on any atom is 0.323 e. The van der Waals surface area contributed by atoms with Crippen molar-refractivity contribution in [2.24, 2.45) is 11.3 Å². The van der Waals surface area contributed by atoms with E-state index in [2.05, 4.69) is 0 Å². The molecule has 0 rings (SSSR count). The molecule has 2 N–H and O–H groups in total. The summed E-state index contributed by atoms with van der Waals surface area (Å²) in [6.45, 7) is 6.74. The van der Waals surface area contributed by atoms with E-state index in [-0.39, 0.29) is 32.0 Å². The van der Waals surface area contributed by atoms with Gasteiger partial charge in [0, 0.05) is 6.42 Å². The minimum absolute atomic E-state index is 0.0229. The number of esters is 2. The Hall–Kier alpha value is -1.14. The van der Waals surface area contributed by atoms with Crippen molar-refractivity contribution in [3.8, 4) is 0 Å². The van der Waals surface area contributed by atoms with Crippen molar-refractivity contribution < 1.29 is 29.3 Å². The number of carbonyl (C=O) groups excluding carboxylic acids is 2. The Labute approximate surface area is 120 Å². The Morgan fingerprint density at radius 2 is 1.50 bits per heavy atom. The highest BCUT2D eigenvalue weighted by molar-refractivity contribution is 6.00. The second-order valence-electron chi connectivity index (χ2n) is 5.16. The molecule has 0 saturated carbocycles. The van der Waals surface area contributed by atoms with Gasteiger partial charge in [-0.25, -0.2) is 0 Å². The summed E-state index contributed by atoms with van der Waals surface area (Å²) >= 11 is 0. The lowest BCUT2D eigenvalue weighted by atomic mass is 9.75. The van der Waals surface area contributed by atoms with Gasteiger partial charge in [0.25, 0.3) is 0 Å². The molecule has 0 heterocycles. The molecule has 0 saturated heterocycles. The molecule has 20 heavy (non-hydrogen) atoms. The summed E-state index contributed by atoms with van der Waals surface area (Å²) in [4.78, 5) is 24.5. The van der Waals surface area contributed by atoms with E-state index in [0.717, 1.165) is 0 Å². The number of aliphatic hydroxyl groups is 2. The highest BCUT2D eigenvalue weighted by Gasteiger charge is 2.50. The number of rotatable bonds is 9. The van der Waals surface area contributed by atoms with Gasteiger partial charge in [0.1, 0.15) is 0 Å². The van der Waals surface area contributed by atoms with Crippen LogP contribution in [0.5, 0.6) is 0 Å². The maximum absolute atomic E-state index is 12.3. The molecule has 118 valence electrons. The van der Waals surface area contributed by atoms with Crippen LogP contribution in [0.1, 0.15) is 40.5 Å². The summed E-state index contributed by atoms with van der Waals surface area (Å²) in [6, 6.07) is 0. The van der Waals surface area contributed by atoms with Crippen LogP contribution in [0.25, 0.3) is 0 Å². The van der Waals surface area contributed by atoms with E-state index in [4.69, 9.17) is 14.6 Å². The van der Waals surface area contributed by atoms with Gasteiger partial charge in [-0.3, -0.25) is 9.59 Å². The third kappa shape index (κ3) is 5.09. The predicted octanol–water partition coefficient (Wildman–Crippen LogP) is 0.888. The zero-order chi connectivity index (χ0) is 15.8. The lowest BCUT2D eigenvalue weighted by Crippen LogP contribution is -2.46. The van der Waals surface area contributed by atoms with Crippen molar-refractivity contribution in [2.45, 2.75) is 46.6 Å². The van der Waals surface area contributed by atoms with Crippen LogP contribution < -0.4 is 0 Å². The largest absolute Gasteiger partial charge is 0.465 e. The van der Waals surface area contributed by atoms with Gasteiger partial charge in [-0.1, -0.05) is 13.8 Å². The lowest BCUT2D eigenvalue weighted by molar-refractivity contribution is -0.176. The van der Waals surface area contributed by atoms with Crippen molar-refractivity contribution in [1.82, 2.24) is 0 Å². The average molecular weight is 290 g/mol. The third-order valence-corrected chi connectivity index (χ3v) is 2.88. The molecule has 0 spiro atoms. The van der Waals surface area contributed by atoms with E-state index in [1.54, 1.807) is 13.8 Å². The van der Waals surface area contributed by atoms with Crippen LogP contribution in [0.4, 0.5) is 0 Å². The van der Waals surface area contributed by atoms with Gasteiger partial charge in [0.05, 0.1) is 25.9 Å². The Morgan fingerprint density at radius 3 is 1.80 bits per heavy atom. The zero-order valence-corrected chi connectivity index (χ0v) is 12.7. The van der Waals surface area contributed by atoms with Crippen LogP contribution in [0.15, 0.2) is 0 Å². The first-order chi connectivity index (χ1) is 9.33. The molecule has 1 atom stereocenters. The van der Waals surface area contributed by atoms with Crippen LogP contribution in [0.3, 0.4) is 0 Å². The SMILES string of the molecule is CCOC(=O)C(CC(C)C)(CC(O)CO)C(=O)OCC. The second kappa shape index (κ2) is 8.92. The Morgan fingerprint density at radius 1 is 1.05 bits per heavy atom. The minimum atomic E-state index is -1.57. The molecule has 6 nitrogen and oxygen atoms in total. The minimum Gasteiger partial charge on any atom is -0.465 e. The van der Waals surface area contributed by atoms with Gasteiger partial charge >= 0.3 is 11.9 Å². The van der Waals surface area contributed by atoms with Crippen LogP contribution in [0, 0.1) is 11.3 Å². The van der Waals surface area contributed by atoms with E-state index in [1.807, 2.05) is 13.8 Å². The smallest absolute Gasteiger partial charge is 0.323 e. The van der Waals surface area contributed by atoms with Crippen LogP contribution in [-0.4, -0.2) is 48.1 Å². The summed E-state index contributed by atoms with van der Waals surface area (Å²) in [5.74, 6) is -1.39. The van der Waals surface area contributed by atoms with Crippen molar-refractivity contribution in [2.75, 3.05) is 19.8 Å². The Kier molecular flexibility index (Phi) is 8.41. The Bertz CT molecular complexity index is 295. The van der Waals surface area contributed by atoms with E-state index in [9.17, 15) is 14.7 Å². The summed E-state index contributed by atoms with van der Waals surface area (Å²) in [5, 5.41) is 18.7. The topological polar surface area (TPSA) is 93.1 Å². The molecule has 1 unspecified atom stereocenters. The first-order valence-corrected chi connectivity index (χ1v) is 6.97. The maximum atomic E-state index is 12.3. The molecule has 0 aliphatic rings. The first-order valence-electron chi connectivity index (χ1n) is 6.97. The molecule has 0 amide bonds. The molecular weight excluding hydrogens is 264 g/mol. The van der Waals surface area contributed by atoms with Crippen molar-refractivity contribution in [1.29, 1.82) is 0 Å². The van der Waals surface area contributed by atoms with Crippen LogP contribution >= 0.6 is 0 Å². The molecule has 0 aliphatic carbocycles. The average Bonchev–Trinajstić information content (AvgIpc) is 2.37. The van der Waals surface area contributed by atoms with Gasteiger partial charge in [-0.05, 0) is 26.2 Å². The fourth-order valence-corrected chi connectivity index (χ4v) is 2.20. The molecule has 6 heteroatoms. The molecule has 0 fully saturated rings. The summed E-state index contributed by atoms with van der Waals surface area (Å²) in [6.07, 6.45) is -1.19. The zero-order valence-electron chi connectivity index (χ0n) is 12.7. The molecule has 0 aromatic carbocycles. The number of ether oxygens (including phenoxy) is 2. The van der Waals surface area contributed by atoms with Gasteiger partial charge in [0.15, 0.2) is 5.41 Å². The molecule has 0 aromatic rings. The second-order valence-corrected chi connectivity index (χ2v) is 5.16. The van der Waals surface area contributed by atoms with E-state index in [1.165, 1.54) is 0 Å². The normalized spacial score (nSPS) is 13.2. The van der Waals surface area contributed by atoms with Gasteiger partial charge in [0.2, 0.25) is 0 Å². The number of aliphatic hydroxyl groups excluding tert-OH is 2.